The fourth-order valence-electron chi connectivity index (χ4n) is 4.42. The number of hydrogen-bond acceptors (Lipinski definition) is 5. The van der Waals surface area contributed by atoms with Crippen molar-refractivity contribution in [2.24, 2.45) is 0 Å². The highest BCUT2D eigenvalue weighted by Crippen LogP contribution is 2.30. The van der Waals surface area contributed by atoms with Gasteiger partial charge in [0.2, 0.25) is 0 Å². The quantitative estimate of drug-likeness (QED) is 0.199. The van der Waals surface area contributed by atoms with Gasteiger partial charge in [-0.1, -0.05) is 72.8 Å². The molecule has 0 aliphatic carbocycles. The molecule has 0 spiro atoms. The van der Waals surface area contributed by atoms with E-state index in [1.165, 1.54) is 17.2 Å². The third kappa shape index (κ3) is 6.65. The molecule has 0 bridgehead atoms. The second-order valence-electron chi connectivity index (χ2n) is 8.66. The first kappa shape index (κ1) is 23.9. The van der Waals surface area contributed by atoms with Gasteiger partial charge in [-0.15, -0.1) is 0 Å². The van der Waals surface area contributed by atoms with Gasteiger partial charge in [0.15, 0.2) is 5.75 Å². The van der Waals surface area contributed by atoms with E-state index in [-0.39, 0.29) is 17.9 Å². The van der Waals surface area contributed by atoms with E-state index >= 15 is 0 Å². The largest absolute Gasteiger partial charge is 0.487 e. The summed E-state index contributed by atoms with van der Waals surface area (Å²) in [7, 11) is 0. The van der Waals surface area contributed by atoms with Crippen LogP contribution in [-0.2, 0) is 4.74 Å². The fraction of sp³-hybridized carbons (Fsp3) is 0.357. The standard InChI is InChI=1S/C28H32N2O4/c31-30(32)26-15-7-8-16-27(26)33-22-10-9-19-29-20-17-25(18-21-29)34-28(23-11-3-1-4-12-23)24-13-5-2-6-14-24/h1-8,11-16,25,28H,9-10,17-22H2. The van der Waals surface area contributed by atoms with Gasteiger partial charge < -0.3 is 14.4 Å². The highest BCUT2D eigenvalue weighted by molar-refractivity contribution is 5.45. The van der Waals surface area contributed by atoms with Gasteiger partial charge in [0.1, 0.15) is 6.10 Å². The number of unbranched alkanes of at least 4 members (excludes halogenated alkanes) is 1. The van der Waals surface area contributed by atoms with E-state index in [1.54, 1.807) is 18.2 Å². The van der Waals surface area contributed by atoms with Gasteiger partial charge in [0.25, 0.3) is 0 Å². The molecule has 6 heteroatoms. The number of hydrogen-bond donors (Lipinski definition) is 0. The minimum atomic E-state index is -0.401. The number of nitrogens with zero attached hydrogens (tertiary/aromatic N) is 2. The molecule has 6 nitrogen and oxygen atoms in total. The van der Waals surface area contributed by atoms with Crippen LogP contribution in [0.2, 0.25) is 0 Å². The zero-order valence-corrected chi connectivity index (χ0v) is 19.4. The van der Waals surface area contributed by atoms with Crippen LogP contribution in [0.15, 0.2) is 84.9 Å². The minimum Gasteiger partial charge on any atom is -0.487 e. The van der Waals surface area contributed by atoms with Crippen LogP contribution < -0.4 is 4.74 Å². The van der Waals surface area contributed by atoms with Gasteiger partial charge in [-0.3, -0.25) is 10.1 Å². The zero-order valence-electron chi connectivity index (χ0n) is 19.4. The smallest absolute Gasteiger partial charge is 0.310 e. The van der Waals surface area contributed by atoms with Gasteiger partial charge in [-0.05, 0) is 49.4 Å². The van der Waals surface area contributed by atoms with Crippen molar-refractivity contribution in [1.29, 1.82) is 0 Å². The highest BCUT2D eigenvalue weighted by atomic mass is 16.6. The number of benzene rings is 3. The molecule has 3 aromatic rings. The summed E-state index contributed by atoms with van der Waals surface area (Å²) in [6.45, 7) is 3.53. The number of likely N-dealkylation sites (tertiary alicyclic amines) is 1. The molecular weight excluding hydrogens is 428 g/mol. The fourth-order valence-corrected chi connectivity index (χ4v) is 4.42. The van der Waals surface area contributed by atoms with Crippen molar-refractivity contribution in [1.82, 2.24) is 4.90 Å². The van der Waals surface area contributed by atoms with E-state index in [1.807, 2.05) is 12.1 Å². The third-order valence-corrected chi connectivity index (χ3v) is 6.26. The molecule has 34 heavy (non-hydrogen) atoms. The maximum Gasteiger partial charge on any atom is 0.310 e. The molecule has 4 rings (SSSR count). The first-order valence-corrected chi connectivity index (χ1v) is 12.0. The lowest BCUT2D eigenvalue weighted by Crippen LogP contribution is -2.38. The molecule has 1 heterocycles. The van der Waals surface area contributed by atoms with Crippen molar-refractivity contribution in [2.45, 2.75) is 37.9 Å². The maximum atomic E-state index is 11.1. The molecule has 3 aromatic carbocycles. The van der Waals surface area contributed by atoms with Gasteiger partial charge >= 0.3 is 5.69 Å². The molecule has 0 saturated carbocycles. The first-order valence-electron chi connectivity index (χ1n) is 12.0. The molecular formula is C28H32N2O4. The Bertz CT molecular complexity index is 981. The maximum absolute atomic E-state index is 11.1. The number of piperidine rings is 1. The summed E-state index contributed by atoms with van der Waals surface area (Å²) in [5.41, 5.74) is 2.40. The number of nitro benzene ring substituents is 1. The van der Waals surface area contributed by atoms with E-state index in [0.29, 0.717) is 12.4 Å². The first-order chi connectivity index (χ1) is 16.7. The molecule has 1 saturated heterocycles. The Balaban J connectivity index is 1.20. The normalized spacial score (nSPS) is 14.9. The summed E-state index contributed by atoms with van der Waals surface area (Å²) in [5, 5.41) is 11.1. The Hall–Kier alpha value is -3.22. The number of ether oxygens (including phenoxy) is 2. The Morgan fingerprint density at radius 3 is 2.06 bits per heavy atom. The molecule has 0 amide bonds. The summed E-state index contributed by atoms with van der Waals surface area (Å²) < 4.78 is 12.3. The van der Waals surface area contributed by atoms with E-state index < -0.39 is 4.92 Å². The van der Waals surface area contributed by atoms with Gasteiger partial charge in [0.05, 0.1) is 17.6 Å². The van der Waals surface area contributed by atoms with Crippen molar-refractivity contribution in [3.05, 3.63) is 106 Å². The Morgan fingerprint density at radius 2 is 1.44 bits per heavy atom. The molecule has 0 N–H and O–H groups in total. The Labute approximate surface area is 201 Å². The van der Waals surface area contributed by atoms with Gasteiger partial charge in [-0.2, -0.15) is 0 Å². The predicted octanol–water partition coefficient (Wildman–Crippen LogP) is 6.02. The van der Waals surface area contributed by atoms with Crippen molar-refractivity contribution in [3.63, 3.8) is 0 Å². The van der Waals surface area contributed by atoms with E-state index in [4.69, 9.17) is 9.47 Å². The SMILES string of the molecule is O=[N+]([O-])c1ccccc1OCCCCN1CCC(OC(c2ccccc2)c2ccccc2)CC1. The van der Waals surface area contributed by atoms with E-state index in [2.05, 4.69) is 53.4 Å². The van der Waals surface area contributed by atoms with Crippen LogP contribution in [0.4, 0.5) is 5.69 Å². The lowest BCUT2D eigenvalue weighted by Gasteiger charge is -2.34. The summed E-state index contributed by atoms with van der Waals surface area (Å²) in [6, 6.07) is 27.4. The number of rotatable bonds is 11. The van der Waals surface area contributed by atoms with Crippen LogP contribution >= 0.6 is 0 Å². The summed E-state index contributed by atoms with van der Waals surface area (Å²) >= 11 is 0. The monoisotopic (exact) mass is 460 g/mol. The van der Waals surface area contributed by atoms with Crippen LogP contribution in [0.1, 0.15) is 42.9 Å². The lowest BCUT2D eigenvalue weighted by molar-refractivity contribution is -0.385. The summed E-state index contributed by atoms with van der Waals surface area (Å²) in [4.78, 5) is 13.2. The van der Waals surface area contributed by atoms with Crippen molar-refractivity contribution in [2.75, 3.05) is 26.2 Å². The lowest BCUT2D eigenvalue weighted by atomic mass is 10.00. The Morgan fingerprint density at radius 1 is 0.853 bits per heavy atom. The second-order valence-corrected chi connectivity index (χ2v) is 8.66. The average Bonchev–Trinajstić information content (AvgIpc) is 2.89. The van der Waals surface area contributed by atoms with E-state index in [9.17, 15) is 10.1 Å². The molecule has 0 atom stereocenters. The minimum absolute atomic E-state index is 0.0221. The van der Waals surface area contributed by atoms with Crippen LogP contribution in [0, 0.1) is 10.1 Å². The highest BCUT2D eigenvalue weighted by Gasteiger charge is 2.24. The number of para-hydroxylation sites is 2. The predicted molar refractivity (Wildman–Crippen MR) is 133 cm³/mol. The van der Waals surface area contributed by atoms with Gasteiger partial charge in [0, 0.05) is 19.2 Å². The molecule has 0 unspecified atom stereocenters. The number of nitro groups is 1. The average molecular weight is 461 g/mol. The molecule has 178 valence electrons. The molecule has 1 aliphatic rings. The topological polar surface area (TPSA) is 64.8 Å². The Kier molecular flexibility index (Phi) is 8.65. The van der Waals surface area contributed by atoms with Crippen molar-refractivity contribution < 1.29 is 14.4 Å². The summed E-state index contributed by atoms with van der Waals surface area (Å²) in [6.07, 6.45) is 4.10. The van der Waals surface area contributed by atoms with Crippen molar-refractivity contribution >= 4 is 5.69 Å². The van der Waals surface area contributed by atoms with Crippen LogP contribution in [0.3, 0.4) is 0 Å². The third-order valence-electron chi connectivity index (χ3n) is 6.26. The van der Waals surface area contributed by atoms with Crippen molar-refractivity contribution in [3.8, 4) is 5.75 Å². The zero-order chi connectivity index (χ0) is 23.6. The molecule has 0 aromatic heterocycles. The molecule has 1 aliphatic heterocycles. The van der Waals surface area contributed by atoms with Crippen LogP contribution in [-0.4, -0.2) is 42.2 Å². The molecule has 1 fully saturated rings. The van der Waals surface area contributed by atoms with Crippen LogP contribution in [0.5, 0.6) is 5.75 Å². The summed E-state index contributed by atoms with van der Waals surface area (Å²) in [5.74, 6) is 0.344. The van der Waals surface area contributed by atoms with Crippen LogP contribution in [0.25, 0.3) is 0 Å². The van der Waals surface area contributed by atoms with E-state index in [0.717, 1.165) is 45.3 Å². The van der Waals surface area contributed by atoms with Gasteiger partial charge in [-0.25, -0.2) is 0 Å². The molecule has 0 radical (unpaired) electrons. The second kappa shape index (κ2) is 12.3.